The standard InChI is InChI=1S/C22H34O5Si/c1-22(2,3)28(5,6)27-20-16-19(24)17(18(20)13-11-15-23)12-9-7-8-10-14-21(25)26-4/h11,13,15,17-18,20H,8,10,12,14,16H2,1-6H3/b13-11+/t17-,18-,20-/m1/s1. The fourth-order valence-electron chi connectivity index (χ4n) is 3.01. The topological polar surface area (TPSA) is 69.7 Å². The van der Waals surface area contributed by atoms with Crippen molar-refractivity contribution >= 4 is 26.4 Å². The van der Waals surface area contributed by atoms with E-state index in [1.54, 1.807) is 6.08 Å². The Morgan fingerprint density at radius 2 is 1.96 bits per heavy atom. The van der Waals surface area contributed by atoms with E-state index >= 15 is 0 Å². The third-order valence-electron chi connectivity index (χ3n) is 5.73. The van der Waals surface area contributed by atoms with Gasteiger partial charge in [0.05, 0.1) is 13.2 Å². The second-order valence-electron chi connectivity index (χ2n) is 8.78. The number of unbranched alkanes of at least 4 members (excludes halogenated alkanes) is 1. The molecule has 6 heteroatoms. The van der Waals surface area contributed by atoms with Crippen molar-refractivity contribution < 1.29 is 23.5 Å². The summed E-state index contributed by atoms with van der Waals surface area (Å²) in [5, 5.41) is 0.0481. The lowest BCUT2D eigenvalue weighted by molar-refractivity contribution is -0.140. The molecule has 5 nitrogen and oxygen atoms in total. The van der Waals surface area contributed by atoms with Crippen LogP contribution < -0.4 is 0 Å². The van der Waals surface area contributed by atoms with E-state index in [0.717, 1.165) is 6.29 Å². The molecule has 0 bridgehead atoms. The molecule has 28 heavy (non-hydrogen) atoms. The lowest BCUT2D eigenvalue weighted by atomic mass is 9.91. The predicted molar refractivity (Wildman–Crippen MR) is 112 cm³/mol. The van der Waals surface area contributed by atoms with Crippen LogP contribution in [-0.4, -0.2) is 39.6 Å². The van der Waals surface area contributed by atoms with Gasteiger partial charge in [0, 0.05) is 37.5 Å². The maximum Gasteiger partial charge on any atom is 0.305 e. The summed E-state index contributed by atoms with van der Waals surface area (Å²) in [5.41, 5.74) is 0. The summed E-state index contributed by atoms with van der Waals surface area (Å²) in [4.78, 5) is 34.6. The summed E-state index contributed by atoms with van der Waals surface area (Å²) in [6.45, 7) is 10.9. The second-order valence-corrected chi connectivity index (χ2v) is 13.5. The third-order valence-corrected chi connectivity index (χ3v) is 10.2. The van der Waals surface area contributed by atoms with Crippen LogP contribution in [0.2, 0.25) is 18.1 Å². The van der Waals surface area contributed by atoms with Crippen LogP contribution >= 0.6 is 0 Å². The zero-order valence-corrected chi connectivity index (χ0v) is 19.0. The normalized spacial score (nSPS) is 22.8. The molecule has 0 spiro atoms. The molecule has 0 aromatic heterocycles. The van der Waals surface area contributed by atoms with E-state index in [1.807, 2.05) is 0 Å². The summed E-state index contributed by atoms with van der Waals surface area (Å²) in [6.07, 6.45) is 6.20. The largest absolute Gasteiger partial charge is 0.469 e. The quantitative estimate of drug-likeness (QED) is 0.152. The first-order valence-electron chi connectivity index (χ1n) is 9.88. The molecule has 0 aromatic rings. The van der Waals surface area contributed by atoms with Crippen LogP contribution in [0.25, 0.3) is 0 Å². The van der Waals surface area contributed by atoms with Gasteiger partial charge >= 0.3 is 5.97 Å². The number of rotatable bonds is 8. The van der Waals surface area contributed by atoms with Crippen molar-refractivity contribution in [2.45, 2.75) is 77.1 Å². The van der Waals surface area contributed by atoms with Gasteiger partial charge in [-0.2, -0.15) is 0 Å². The number of hydrogen-bond donors (Lipinski definition) is 0. The number of carbonyl (C=O) groups excluding carboxylic acids is 3. The number of hydrogen-bond acceptors (Lipinski definition) is 5. The molecule has 0 N–H and O–H groups in total. The monoisotopic (exact) mass is 406 g/mol. The first-order valence-corrected chi connectivity index (χ1v) is 12.8. The van der Waals surface area contributed by atoms with Crippen LogP contribution in [0.1, 0.15) is 52.9 Å². The fourth-order valence-corrected chi connectivity index (χ4v) is 4.36. The minimum atomic E-state index is -2.03. The highest BCUT2D eigenvalue weighted by molar-refractivity contribution is 6.74. The molecule has 0 aliphatic heterocycles. The van der Waals surface area contributed by atoms with Crippen LogP contribution in [-0.2, 0) is 23.5 Å². The number of esters is 1. The minimum absolute atomic E-state index is 0.0481. The van der Waals surface area contributed by atoms with Gasteiger partial charge in [-0.3, -0.25) is 14.4 Å². The molecule has 1 aliphatic rings. The molecule has 1 rings (SSSR count). The summed E-state index contributed by atoms with van der Waals surface area (Å²) in [7, 11) is -0.658. The van der Waals surface area contributed by atoms with Gasteiger partial charge in [-0.05, 0) is 30.6 Å². The molecular formula is C22H34O5Si. The molecule has 0 unspecified atom stereocenters. The summed E-state index contributed by atoms with van der Waals surface area (Å²) in [5.74, 6) is 5.65. The van der Waals surface area contributed by atoms with Gasteiger partial charge < -0.3 is 9.16 Å². The van der Waals surface area contributed by atoms with Crippen LogP contribution in [0.4, 0.5) is 0 Å². The van der Waals surface area contributed by atoms with E-state index in [2.05, 4.69) is 50.4 Å². The van der Waals surface area contributed by atoms with Crippen molar-refractivity contribution in [2.24, 2.45) is 11.8 Å². The first-order chi connectivity index (χ1) is 13.0. The highest BCUT2D eigenvalue weighted by atomic mass is 28.4. The minimum Gasteiger partial charge on any atom is -0.469 e. The molecule has 1 saturated carbocycles. The van der Waals surface area contributed by atoms with E-state index in [1.165, 1.54) is 13.2 Å². The number of aldehydes is 1. The second kappa shape index (κ2) is 10.7. The zero-order valence-electron chi connectivity index (χ0n) is 18.0. The Morgan fingerprint density at radius 3 is 2.54 bits per heavy atom. The van der Waals surface area contributed by atoms with Gasteiger partial charge in [-0.1, -0.05) is 26.8 Å². The maximum absolute atomic E-state index is 12.6. The van der Waals surface area contributed by atoms with Gasteiger partial charge in [-0.15, -0.1) is 11.8 Å². The number of methoxy groups -OCH3 is 1. The van der Waals surface area contributed by atoms with Gasteiger partial charge in [0.15, 0.2) is 8.32 Å². The predicted octanol–water partition coefficient (Wildman–Crippen LogP) is 4.07. The van der Waals surface area contributed by atoms with Crippen molar-refractivity contribution in [3.8, 4) is 11.8 Å². The summed E-state index contributed by atoms with van der Waals surface area (Å²) >= 11 is 0. The van der Waals surface area contributed by atoms with Crippen molar-refractivity contribution in [3.05, 3.63) is 12.2 Å². The molecule has 156 valence electrons. The number of carbonyl (C=O) groups is 3. The summed E-state index contributed by atoms with van der Waals surface area (Å²) in [6, 6.07) is 0. The van der Waals surface area contributed by atoms with Crippen LogP contribution in [0.5, 0.6) is 0 Å². The Hall–Kier alpha value is -1.71. The zero-order chi connectivity index (χ0) is 21.4. The van der Waals surface area contributed by atoms with Gasteiger partial charge in [0.2, 0.25) is 0 Å². The van der Waals surface area contributed by atoms with Crippen LogP contribution in [0, 0.1) is 23.7 Å². The van der Waals surface area contributed by atoms with E-state index in [9.17, 15) is 14.4 Å². The first kappa shape index (κ1) is 24.3. The SMILES string of the molecule is COC(=O)CCCC#CC[C@H]1C(=O)C[C@@H](O[Si](C)(C)C(C)(C)C)[C@@H]1/C=C/C=O. The van der Waals surface area contributed by atoms with Gasteiger partial charge in [0.1, 0.15) is 12.1 Å². The Bertz CT molecular complexity index is 648. The van der Waals surface area contributed by atoms with Crippen molar-refractivity contribution in [1.82, 2.24) is 0 Å². The van der Waals surface area contributed by atoms with E-state index in [-0.39, 0.29) is 34.7 Å². The third kappa shape index (κ3) is 7.03. The average molecular weight is 407 g/mol. The Morgan fingerprint density at radius 1 is 1.29 bits per heavy atom. The highest BCUT2D eigenvalue weighted by Gasteiger charge is 2.46. The number of ketones is 1. The molecule has 0 saturated heterocycles. The lowest BCUT2D eigenvalue weighted by Crippen LogP contribution is -2.45. The van der Waals surface area contributed by atoms with E-state index in [4.69, 9.17) is 4.43 Å². The van der Waals surface area contributed by atoms with Crippen molar-refractivity contribution in [2.75, 3.05) is 7.11 Å². The molecular weight excluding hydrogens is 372 g/mol. The van der Waals surface area contributed by atoms with Crippen molar-refractivity contribution in [3.63, 3.8) is 0 Å². The average Bonchev–Trinajstić information content (AvgIpc) is 2.88. The Kier molecular flexibility index (Phi) is 9.32. The molecule has 3 atom stereocenters. The number of ether oxygens (including phenoxy) is 1. The van der Waals surface area contributed by atoms with Gasteiger partial charge in [-0.25, -0.2) is 0 Å². The Labute approximate surface area is 170 Å². The van der Waals surface area contributed by atoms with Gasteiger partial charge in [0.25, 0.3) is 0 Å². The highest BCUT2D eigenvalue weighted by Crippen LogP contribution is 2.42. The number of allylic oxidation sites excluding steroid dienone is 1. The molecule has 1 fully saturated rings. The molecule has 1 aliphatic carbocycles. The molecule has 0 amide bonds. The van der Waals surface area contributed by atoms with E-state index in [0.29, 0.717) is 32.1 Å². The number of Topliss-reactive ketones (excluding diaryl/α,β-unsaturated/α-hetero) is 1. The summed E-state index contributed by atoms with van der Waals surface area (Å²) < 4.78 is 11.1. The molecule has 0 aromatic carbocycles. The Balaban J connectivity index is 2.80. The molecule has 0 radical (unpaired) electrons. The fraction of sp³-hybridized carbons (Fsp3) is 0.682. The molecule has 0 heterocycles. The van der Waals surface area contributed by atoms with E-state index < -0.39 is 8.32 Å². The van der Waals surface area contributed by atoms with Crippen molar-refractivity contribution in [1.29, 1.82) is 0 Å². The van der Waals surface area contributed by atoms with Crippen LogP contribution in [0.3, 0.4) is 0 Å². The lowest BCUT2D eigenvalue weighted by Gasteiger charge is -2.39. The smallest absolute Gasteiger partial charge is 0.305 e. The van der Waals surface area contributed by atoms with Crippen LogP contribution in [0.15, 0.2) is 12.2 Å². The maximum atomic E-state index is 12.6.